The Labute approximate surface area is 159 Å². The molecule has 142 valence electrons. The maximum Gasteiger partial charge on any atom is 0.188 e. The zero-order chi connectivity index (χ0) is 19.5. The van der Waals surface area contributed by atoms with Crippen molar-refractivity contribution in [2.45, 2.75) is 53.1 Å². The van der Waals surface area contributed by atoms with Gasteiger partial charge in [-0.3, -0.25) is 0 Å². The topological polar surface area (TPSA) is 38.7 Å². The quantitative estimate of drug-likeness (QED) is 0.606. The normalized spacial score (nSPS) is 13.4. The van der Waals surface area contributed by atoms with E-state index < -0.39 is 6.10 Å². The van der Waals surface area contributed by atoms with Gasteiger partial charge in [0.05, 0.1) is 6.10 Å². The first-order chi connectivity index (χ1) is 12.1. The molecule has 0 saturated heterocycles. The van der Waals surface area contributed by atoms with Gasteiger partial charge in [0, 0.05) is 12.4 Å². The molecular weight excluding hydrogens is 343 g/mol. The minimum atomic E-state index is -0.493. The number of rotatable bonds is 6. The van der Waals surface area contributed by atoms with E-state index in [0.717, 1.165) is 33.0 Å². The van der Waals surface area contributed by atoms with Gasteiger partial charge in [0.1, 0.15) is 5.75 Å². The van der Waals surface area contributed by atoms with Crippen LogP contribution in [0, 0.1) is 13.8 Å². The van der Waals surface area contributed by atoms with Gasteiger partial charge in [-0.15, -0.1) is 0 Å². The molecule has 3 nitrogen and oxygen atoms in total. The summed E-state index contributed by atoms with van der Waals surface area (Å²) < 4.78 is 11.0. The lowest BCUT2D eigenvalue weighted by Gasteiger charge is -2.24. The van der Waals surface area contributed by atoms with Crippen molar-refractivity contribution in [1.29, 1.82) is 0 Å². The maximum absolute atomic E-state index is 10.2. The highest BCUT2D eigenvalue weighted by atomic mass is 31.1. The van der Waals surface area contributed by atoms with Gasteiger partial charge in [0.25, 0.3) is 0 Å². The van der Waals surface area contributed by atoms with Crippen molar-refractivity contribution in [2.75, 3.05) is 13.9 Å². The van der Waals surface area contributed by atoms with E-state index in [1.807, 2.05) is 6.92 Å². The molecule has 0 aliphatic heterocycles. The molecule has 0 spiro atoms. The number of hydrogen-bond donors (Lipinski definition) is 1. The summed E-state index contributed by atoms with van der Waals surface area (Å²) in [7, 11) is 2.04. The second kappa shape index (κ2) is 8.52. The molecular formula is C22H31O3P. The third-order valence-corrected chi connectivity index (χ3v) is 5.75. The van der Waals surface area contributed by atoms with Crippen LogP contribution in [0.1, 0.15) is 56.1 Å². The second-order valence-electron chi connectivity index (χ2n) is 7.86. The van der Waals surface area contributed by atoms with E-state index >= 15 is 0 Å². The summed E-state index contributed by atoms with van der Waals surface area (Å²) >= 11 is 0. The Balaban J connectivity index is 2.54. The number of hydrogen-bond acceptors (Lipinski definition) is 3. The van der Waals surface area contributed by atoms with Crippen molar-refractivity contribution in [3.63, 3.8) is 0 Å². The van der Waals surface area contributed by atoms with E-state index in [-0.39, 0.29) is 12.2 Å². The van der Waals surface area contributed by atoms with Gasteiger partial charge in [0.15, 0.2) is 6.79 Å². The lowest BCUT2D eigenvalue weighted by molar-refractivity contribution is 0.0514. The molecule has 2 atom stereocenters. The fourth-order valence-electron chi connectivity index (χ4n) is 2.90. The first-order valence-electron chi connectivity index (χ1n) is 8.96. The third kappa shape index (κ3) is 5.07. The van der Waals surface area contributed by atoms with Crippen LogP contribution in [0.15, 0.2) is 30.3 Å². The Morgan fingerprint density at radius 3 is 2.35 bits per heavy atom. The summed E-state index contributed by atoms with van der Waals surface area (Å²) in [6.07, 6.45) is -0.493. The predicted octanol–water partition coefficient (Wildman–Crippen LogP) is 4.27. The number of benzene rings is 2. The van der Waals surface area contributed by atoms with E-state index in [9.17, 15) is 5.11 Å². The molecule has 0 heterocycles. The Hall–Kier alpha value is -1.41. The Morgan fingerprint density at radius 2 is 1.77 bits per heavy atom. The first-order valence-corrected chi connectivity index (χ1v) is 9.96. The highest BCUT2D eigenvalue weighted by molar-refractivity contribution is 7.55. The predicted molar refractivity (Wildman–Crippen MR) is 112 cm³/mol. The average Bonchev–Trinajstić information content (AvgIpc) is 2.54. The van der Waals surface area contributed by atoms with Crippen molar-refractivity contribution in [3.05, 3.63) is 52.6 Å². The highest BCUT2D eigenvalue weighted by Gasteiger charge is 2.20. The summed E-state index contributed by atoms with van der Waals surface area (Å²) in [6.45, 7) is 12.8. The number of aliphatic hydroxyl groups excluding tert-OH is 1. The molecule has 2 aromatic carbocycles. The van der Waals surface area contributed by atoms with E-state index in [0.29, 0.717) is 8.58 Å². The standard InChI is InChI=1S/C22H31O3P/c1-14-8-9-19(18(10-14)16(3)23)26-20-12-17(22(4,5)6)11-15(2)21(20)25-13-24-7/h8-12,16,23,26H,13H2,1-7H3. The molecule has 26 heavy (non-hydrogen) atoms. The summed E-state index contributed by atoms with van der Waals surface area (Å²) in [4.78, 5) is 0. The highest BCUT2D eigenvalue weighted by Crippen LogP contribution is 2.31. The number of aliphatic hydroxyl groups is 1. The lowest BCUT2D eigenvalue weighted by atomic mass is 9.86. The molecule has 0 aromatic heterocycles. The first kappa shape index (κ1) is 20.9. The van der Waals surface area contributed by atoms with E-state index in [2.05, 4.69) is 65.0 Å². The number of methoxy groups -OCH3 is 1. The summed E-state index contributed by atoms with van der Waals surface area (Å²) in [5, 5.41) is 12.5. The Kier molecular flexibility index (Phi) is 6.85. The Morgan fingerprint density at radius 1 is 1.08 bits per heavy atom. The minimum Gasteiger partial charge on any atom is -0.467 e. The molecule has 0 fully saturated rings. The van der Waals surface area contributed by atoms with Gasteiger partial charge in [-0.25, -0.2) is 0 Å². The zero-order valence-corrected chi connectivity index (χ0v) is 17.9. The smallest absolute Gasteiger partial charge is 0.188 e. The summed E-state index contributed by atoms with van der Waals surface area (Å²) in [5.74, 6) is 0.885. The molecule has 2 rings (SSSR count). The van der Waals surface area contributed by atoms with Crippen LogP contribution in [0.4, 0.5) is 0 Å². The van der Waals surface area contributed by atoms with Crippen LogP contribution in [0.25, 0.3) is 0 Å². The molecule has 4 heteroatoms. The fourth-order valence-corrected chi connectivity index (χ4v) is 4.39. The molecule has 0 radical (unpaired) electrons. The van der Waals surface area contributed by atoms with Crippen molar-refractivity contribution < 1.29 is 14.6 Å². The van der Waals surface area contributed by atoms with Crippen molar-refractivity contribution >= 4 is 19.2 Å². The second-order valence-corrected chi connectivity index (χ2v) is 9.19. The lowest BCUT2D eigenvalue weighted by Crippen LogP contribution is -2.19. The van der Waals surface area contributed by atoms with Gasteiger partial charge in [0.2, 0.25) is 0 Å². The van der Waals surface area contributed by atoms with E-state index in [1.165, 1.54) is 5.56 Å². The van der Waals surface area contributed by atoms with Crippen LogP contribution in [0.2, 0.25) is 0 Å². The van der Waals surface area contributed by atoms with Gasteiger partial charge < -0.3 is 14.6 Å². The monoisotopic (exact) mass is 374 g/mol. The van der Waals surface area contributed by atoms with Crippen LogP contribution < -0.4 is 15.3 Å². The van der Waals surface area contributed by atoms with Crippen LogP contribution in [0.3, 0.4) is 0 Å². The fraction of sp³-hybridized carbons (Fsp3) is 0.455. The summed E-state index contributed by atoms with van der Waals surface area (Å²) in [6, 6.07) is 10.7. The molecule has 0 bridgehead atoms. The van der Waals surface area contributed by atoms with Gasteiger partial charge in [-0.05, 0) is 54.2 Å². The van der Waals surface area contributed by atoms with Gasteiger partial charge in [-0.1, -0.05) is 59.2 Å². The zero-order valence-electron chi connectivity index (χ0n) is 16.9. The third-order valence-electron chi connectivity index (χ3n) is 4.39. The average molecular weight is 374 g/mol. The number of ether oxygens (including phenoxy) is 2. The molecule has 0 aliphatic rings. The van der Waals surface area contributed by atoms with Crippen LogP contribution in [-0.2, 0) is 10.2 Å². The molecule has 0 saturated carbocycles. The van der Waals surface area contributed by atoms with Crippen LogP contribution in [0.5, 0.6) is 5.75 Å². The van der Waals surface area contributed by atoms with E-state index in [4.69, 9.17) is 9.47 Å². The molecule has 0 aliphatic carbocycles. The van der Waals surface area contributed by atoms with E-state index in [1.54, 1.807) is 7.11 Å². The minimum absolute atomic E-state index is 0.0597. The molecule has 2 unspecified atom stereocenters. The van der Waals surface area contributed by atoms with Gasteiger partial charge in [-0.2, -0.15) is 0 Å². The number of aryl methyl sites for hydroxylation is 2. The Bertz CT molecular complexity index is 761. The SMILES string of the molecule is COCOc1c(C)cc(C(C)(C)C)cc1Pc1ccc(C)cc1C(C)O. The molecule has 0 amide bonds. The van der Waals surface area contributed by atoms with Gasteiger partial charge >= 0.3 is 0 Å². The molecule has 1 N–H and O–H groups in total. The van der Waals surface area contributed by atoms with Crippen molar-refractivity contribution in [2.24, 2.45) is 0 Å². The summed E-state index contributed by atoms with van der Waals surface area (Å²) in [5.41, 5.74) is 4.60. The maximum atomic E-state index is 10.2. The molecule has 2 aromatic rings. The van der Waals surface area contributed by atoms with Crippen molar-refractivity contribution in [1.82, 2.24) is 0 Å². The van der Waals surface area contributed by atoms with Crippen LogP contribution in [-0.4, -0.2) is 19.0 Å². The largest absolute Gasteiger partial charge is 0.467 e. The van der Waals surface area contributed by atoms with Crippen LogP contribution >= 0.6 is 8.58 Å². The van der Waals surface area contributed by atoms with Crippen molar-refractivity contribution in [3.8, 4) is 5.75 Å².